The predicted molar refractivity (Wildman–Crippen MR) is 69.9 cm³/mol. The second-order valence-corrected chi connectivity index (χ2v) is 5.77. The van der Waals surface area contributed by atoms with E-state index >= 15 is 0 Å². The number of carbonyl (C=O) groups excluding carboxylic acids is 1. The minimum Gasteiger partial charge on any atom is -0.493 e. The number of fused-ring (bicyclic) bond motifs is 2. The molecule has 0 atom stereocenters. The summed E-state index contributed by atoms with van der Waals surface area (Å²) in [5.41, 5.74) is 10.2. The third-order valence-electron chi connectivity index (χ3n) is 4.44. The highest BCUT2D eigenvalue weighted by Crippen LogP contribution is 2.54. The van der Waals surface area contributed by atoms with Crippen LogP contribution in [0.3, 0.4) is 0 Å². The van der Waals surface area contributed by atoms with Gasteiger partial charge in [0, 0.05) is 35.1 Å². The van der Waals surface area contributed by atoms with Crippen LogP contribution < -0.4 is 15.2 Å². The third kappa shape index (κ3) is 1.40. The molecule has 2 heterocycles. The Morgan fingerprint density at radius 3 is 2.37 bits per heavy atom. The molecule has 2 N–H and O–H groups in total. The topological polar surface area (TPSA) is 61.6 Å². The fourth-order valence-corrected chi connectivity index (χ4v) is 3.39. The van der Waals surface area contributed by atoms with E-state index in [1.165, 1.54) is 0 Å². The van der Waals surface area contributed by atoms with Crippen molar-refractivity contribution in [3.05, 3.63) is 22.3 Å². The van der Waals surface area contributed by atoms with Gasteiger partial charge in [-0.25, -0.2) is 0 Å². The van der Waals surface area contributed by atoms with Crippen molar-refractivity contribution in [2.75, 3.05) is 13.2 Å². The van der Waals surface area contributed by atoms with E-state index in [-0.39, 0.29) is 11.3 Å². The van der Waals surface area contributed by atoms with E-state index < -0.39 is 0 Å². The summed E-state index contributed by atoms with van der Waals surface area (Å²) >= 11 is 0. The summed E-state index contributed by atoms with van der Waals surface area (Å²) in [4.78, 5) is 12.0. The molecule has 0 aromatic heterocycles. The van der Waals surface area contributed by atoms with Crippen molar-refractivity contribution in [1.29, 1.82) is 0 Å². The summed E-state index contributed by atoms with van der Waals surface area (Å²) < 4.78 is 11.6. The fourth-order valence-electron chi connectivity index (χ4n) is 3.39. The molecule has 2 aliphatic heterocycles. The highest BCUT2D eigenvalue weighted by atomic mass is 16.5. The predicted octanol–water partition coefficient (Wildman–Crippen LogP) is 1.71. The molecule has 19 heavy (non-hydrogen) atoms. The molecule has 0 spiro atoms. The van der Waals surface area contributed by atoms with Crippen molar-refractivity contribution in [3.8, 4) is 11.5 Å². The molecule has 3 aliphatic rings. The minimum absolute atomic E-state index is 0.0633. The number of rotatable bonds is 2. The van der Waals surface area contributed by atoms with Gasteiger partial charge in [-0.2, -0.15) is 0 Å². The van der Waals surface area contributed by atoms with Crippen LogP contribution in [0.25, 0.3) is 0 Å². The molecule has 1 fully saturated rings. The Kier molecular flexibility index (Phi) is 2.09. The van der Waals surface area contributed by atoms with Crippen molar-refractivity contribution >= 4 is 5.78 Å². The zero-order chi connectivity index (χ0) is 13.2. The zero-order valence-electron chi connectivity index (χ0n) is 11.0. The lowest BCUT2D eigenvalue weighted by molar-refractivity contribution is 0.101. The van der Waals surface area contributed by atoms with Gasteiger partial charge in [0.1, 0.15) is 11.5 Å². The first-order valence-corrected chi connectivity index (χ1v) is 6.89. The Morgan fingerprint density at radius 1 is 1.11 bits per heavy atom. The van der Waals surface area contributed by atoms with Gasteiger partial charge in [0.05, 0.1) is 18.8 Å². The molecule has 1 aromatic rings. The molecule has 1 aliphatic carbocycles. The van der Waals surface area contributed by atoms with Crippen LogP contribution in [0.2, 0.25) is 0 Å². The van der Waals surface area contributed by atoms with Crippen molar-refractivity contribution in [3.63, 3.8) is 0 Å². The Morgan fingerprint density at radius 2 is 1.74 bits per heavy atom. The van der Waals surface area contributed by atoms with Crippen LogP contribution in [-0.2, 0) is 18.4 Å². The monoisotopic (exact) mass is 259 g/mol. The molecule has 0 radical (unpaired) electrons. The van der Waals surface area contributed by atoms with E-state index in [4.69, 9.17) is 15.2 Å². The molecular weight excluding hydrogens is 242 g/mol. The number of hydrogen-bond acceptors (Lipinski definition) is 4. The summed E-state index contributed by atoms with van der Waals surface area (Å²) in [6.07, 6.45) is 3.60. The number of nitrogens with two attached hydrogens (primary N) is 1. The first-order valence-electron chi connectivity index (χ1n) is 6.89. The quantitative estimate of drug-likeness (QED) is 0.821. The summed E-state index contributed by atoms with van der Waals surface area (Å²) in [6.45, 7) is 2.88. The maximum atomic E-state index is 12.0. The molecule has 1 saturated carbocycles. The highest BCUT2D eigenvalue weighted by molar-refractivity contribution is 6.00. The van der Waals surface area contributed by atoms with Crippen LogP contribution in [0.15, 0.2) is 0 Å². The largest absolute Gasteiger partial charge is 0.493 e. The number of carbonyl (C=O) groups is 1. The summed E-state index contributed by atoms with van der Waals surface area (Å²) in [7, 11) is 0. The van der Waals surface area contributed by atoms with E-state index in [1.54, 1.807) is 6.92 Å². The van der Waals surface area contributed by atoms with Gasteiger partial charge in [0.25, 0.3) is 0 Å². The average Bonchev–Trinajstić information content (AvgIpc) is 2.82. The Labute approximate surface area is 111 Å². The Balaban J connectivity index is 2.07. The molecule has 0 amide bonds. The molecule has 4 nitrogen and oxygen atoms in total. The number of hydrogen-bond donors (Lipinski definition) is 1. The van der Waals surface area contributed by atoms with Crippen LogP contribution in [0.4, 0.5) is 0 Å². The van der Waals surface area contributed by atoms with Crippen LogP contribution >= 0.6 is 0 Å². The molecule has 4 heteroatoms. The van der Waals surface area contributed by atoms with Crippen LogP contribution in [0, 0.1) is 0 Å². The number of benzene rings is 1. The van der Waals surface area contributed by atoms with Gasteiger partial charge in [0.2, 0.25) is 0 Å². The van der Waals surface area contributed by atoms with Crippen LogP contribution in [0.5, 0.6) is 11.5 Å². The molecule has 0 saturated heterocycles. The lowest BCUT2D eigenvalue weighted by Crippen LogP contribution is -2.22. The van der Waals surface area contributed by atoms with Gasteiger partial charge in [-0.3, -0.25) is 4.79 Å². The first-order chi connectivity index (χ1) is 9.12. The SMILES string of the molecule is CC(=O)c1c2c(c(C3(N)CC3)c3c1OCC3)OCC2. The van der Waals surface area contributed by atoms with Gasteiger partial charge >= 0.3 is 0 Å². The van der Waals surface area contributed by atoms with Crippen LogP contribution in [-0.4, -0.2) is 19.0 Å². The van der Waals surface area contributed by atoms with Crippen molar-refractivity contribution < 1.29 is 14.3 Å². The molecule has 100 valence electrons. The second kappa shape index (κ2) is 3.51. The maximum absolute atomic E-state index is 12.0. The van der Waals surface area contributed by atoms with Crippen LogP contribution in [0.1, 0.15) is 46.8 Å². The summed E-state index contributed by atoms with van der Waals surface area (Å²) in [6, 6.07) is 0. The second-order valence-electron chi connectivity index (χ2n) is 5.77. The minimum atomic E-state index is -0.248. The fraction of sp³-hybridized carbons (Fsp3) is 0.533. The molecule has 0 bridgehead atoms. The molecule has 0 unspecified atom stereocenters. The molecule has 1 aromatic carbocycles. The molecule has 4 rings (SSSR count). The maximum Gasteiger partial charge on any atom is 0.163 e. The van der Waals surface area contributed by atoms with Crippen molar-refractivity contribution in [2.45, 2.75) is 38.1 Å². The number of Topliss-reactive ketones (excluding diaryl/α,β-unsaturated/α-hetero) is 1. The number of ketones is 1. The third-order valence-corrected chi connectivity index (χ3v) is 4.44. The standard InChI is InChI=1S/C15H17NO3/c1-8(17)11-9-2-6-19-14(9)12(15(16)4-5-15)10-3-7-18-13(10)11/h2-7,16H2,1H3. The van der Waals surface area contributed by atoms with E-state index in [0.717, 1.165) is 59.4 Å². The van der Waals surface area contributed by atoms with E-state index in [0.29, 0.717) is 13.2 Å². The average molecular weight is 259 g/mol. The van der Waals surface area contributed by atoms with E-state index in [1.807, 2.05) is 0 Å². The van der Waals surface area contributed by atoms with E-state index in [2.05, 4.69) is 0 Å². The summed E-state index contributed by atoms with van der Waals surface area (Å²) in [5.74, 6) is 1.73. The van der Waals surface area contributed by atoms with Crippen molar-refractivity contribution in [2.24, 2.45) is 5.73 Å². The zero-order valence-corrected chi connectivity index (χ0v) is 11.0. The van der Waals surface area contributed by atoms with Crippen molar-refractivity contribution in [1.82, 2.24) is 0 Å². The van der Waals surface area contributed by atoms with Gasteiger partial charge < -0.3 is 15.2 Å². The lowest BCUT2D eigenvalue weighted by atomic mass is 9.88. The highest BCUT2D eigenvalue weighted by Gasteiger charge is 2.47. The van der Waals surface area contributed by atoms with Gasteiger partial charge in [0.15, 0.2) is 5.78 Å². The smallest absolute Gasteiger partial charge is 0.163 e. The number of ether oxygens (including phenoxy) is 2. The van der Waals surface area contributed by atoms with Gasteiger partial charge in [-0.05, 0) is 19.8 Å². The summed E-state index contributed by atoms with van der Waals surface area (Å²) in [5, 5.41) is 0. The normalized spacial score (nSPS) is 21.4. The first kappa shape index (κ1) is 11.3. The molecular formula is C15H17NO3. The Hall–Kier alpha value is -1.55. The van der Waals surface area contributed by atoms with Gasteiger partial charge in [-0.15, -0.1) is 0 Å². The van der Waals surface area contributed by atoms with Gasteiger partial charge in [-0.1, -0.05) is 0 Å². The van der Waals surface area contributed by atoms with E-state index in [9.17, 15) is 4.79 Å². The lowest BCUT2D eigenvalue weighted by Gasteiger charge is -2.20. The Bertz CT molecular complexity index is 567.